The molecule has 0 aliphatic heterocycles. The molecule has 120 valence electrons. The number of carboxylic acid groups (broad SMARTS) is 2. The number of hydrogen-bond acceptors (Lipinski definition) is 4. The van der Waals surface area contributed by atoms with Crippen molar-refractivity contribution in [1.82, 2.24) is 0 Å². The van der Waals surface area contributed by atoms with Crippen molar-refractivity contribution in [3.63, 3.8) is 0 Å². The van der Waals surface area contributed by atoms with Gasteiger partial charge in [-0.1, -0.05) is 12.1 Å². The van der Waals surface area contributed by atoms with Gasteiger partial charge in [0.15, 0.2) is 0 Å². The molecule has 0 saturated carbocycles. The van der Waals surface area contributed by atoms with Crippen LogP contribution >= 0.6 is 0 Å². The van der Waals surface area contributed by atoms with Gasteiger partial charge in [-0.15, -0.1) is 0 Å². The Labute approximate surface area is 132 Å². The average molecular weight is 316 g/mol. The highest BCUT2D eigenvalue weighted by Gasteiger charge is 2.12. The van der Waals surface area contributed by atoms with Gasteiger partial charge >= 0.3 is 11.9 Å². The fraction of sp³-hybridized carbons (Fsp3) is 0.176. The van der Waals surface area contributed by atoms with Crippen LogP contribution in [-0.2, 0) is 17.8 Å². The molecule has 2 N–H and O–H groups in total. The summed E-state index contributed by atoms with van der Waals surface area (Å²) in [6, 6.07) is 11.3. The second-order valence-corrected chi connectivity index (χ2v) is 4.83. The number of carbonyl (C=O) groups is 2. The maximum atomic E-state index is 11.2. The molecule has 2 aromatic carbocycles. The molecule has 0 atom stereocenters. The second-order valence-electron chi connectivity index (χ2n) is 4.83. The van der Waals surface area contributed by atoms with Crippen LogP contribution in [0.4, 0.5) is 0 Å². The predicted octanol–water partition coefficient (Wildman–Crippen LogP) is 2.60. The van der Waals surface area contributed by atoms with Crippen LogP contribution in [0.5, 0.6) is 11.5 Å². The third-order valence-corrected chi connectivity index (χ3v) is 3.22. The molecule has 0 saturated heterocycles. The molecular weight excluding hydrogens is 300 g/mol. The molecule has 6 nitrogen and oxygen atoms in total. The number of benzene rings is 2. The van der Waals surface area contributed by atoms with E-state index in [0.29, 0.717) is 22.6 Å². The maximum Gasteiger partial charge on any atom is 0.336 e. The smallest absolute Gasteiger partial charge is 0.336 e. The Morgan fingerprint density at radius 2 is 1.65 bits per heavy atom. The van der Waals surface area contributed by atoms with Gasteiger partial charge in [-0.3, -0.25) is 4.79 Å². The molecule has 2 rings (SSSR count). The van der Waals surface area contributed by atoms with Crippen molar-refractivity contribution < 1.29 is 29.3 Å². The molecule has 23 heavy (non-hydrogen) atoms. The Bertz CT molecular complexity index is 706. The summed E-state index contributed by atoms with van der Waals surface area (Å²) in [6.07, 6.45) is -0.0562. The zero-order chi connectivity index (χ0) is 16.8. The molecular formula is C17H16O6. The monoisotopic (exact) mass is 316 g/mol. The van der Waals surface area contributed by atoms with Gasteiger partial charge in [-0.2, -0.15) is 0 Å². The average Bonchev–Trinajstić information content (AvgIpc) is 2.53. The van der Waals surface area contributed by atoms with Gasteiger partial charge in [0.2, 0.25) is 0 Å². The van der Waals surface area contributed by atoms with E-state index in [4.69, 9.17) is 14.6 Å². The van der Waals surface area contributed by atoms with Gasteiger partial charge in [0.1, 0.15) is 18.1 Å². The Hall–Kier alpha value is -3.02. The molecule has 0 heterocycles. The van der Waals surface area contributed by atoms with Gasteiger partial charge in [-0.05, 0) is 35.9 Å². The quantitative estimate of drug-likeness (QED) is 0.815. The van der Waals surface area contributed by atoms with Crippen LogP contribution in [0, 0.1) is 0 Å². The molecule has 0 aromatic heterocycles. The van der Waals surface area contributed by atoms with Crippen molar-refractivity contribution in [3.05, 3.63) is 59.2 Å². The van der Waals surface area contributed by atoms with E-state index < -0.39 is 11.9 Å². The molecule has 0 bridgehead atoms. The lowest BCUT2D eigenvalue weighted by molar-refractivity contribution is -0.136. The van der Waals surface area contributed by atoms with Crippen molar-refractivity contribution in [2.75, 3.05) is 7.11 Å². The zero-order valence-corrected chi connectivity index (χ0v) is 12.5. The molecule has 0 fully saturated rings. The van der Waals surface area contributed by atoms with E-state index in [1.54, 1.807) is 36.4 Å². The van der Waals surface area contributed by atoms with E-state index in [0.717, 1.165) is 0 Å². The van der Waals surface area contributed by atoms with E-state index in [1.165, 1.54) is 13.2 Å². The first-order valence-electron chi connectivity index (χ1n) is 6.83. The summed E-state index contributed by atoms with van der Waals surface area (Å²) in [4.78, 5) is 21.9. The summed E-state index contributed by atoms with van der Waals surface area (Å²) in [6.45, 7) is 0.0666. The number of aliphatic carboxylic acids is 1. The number of rotatable bonds is 7. The van der Waals surface area contributed by atoms with Crippen molar-refractivity contribution >= 4 is 11.9 Å². The van der Waals surface area contributed by atoms with E-state index in [1.807, 2.05) is 0 Å². The first kappa shape index (κ1) is 16.4. The second kappa shape index (κ2) is 7.31. The summed E-state index contributed by atoms with van der Waals surface area (Å²) >= 11 is 0. The molecule has 0 radical (unpaired) electrons. The highest BCUT2D eigenvalue weighted by molar-refractivity contribution is 5.89. The van der Waals surface area contributed by atoms with Gasteiger partial charge < -0.3 is 19.7 Å². The summed E-state index contributed by atoms with van der Waals surface area (Å²) in [5.74, 6) is -0.868. The van der Waals surface area contributed by atoms with Crippen LogP contribution in [0.1, 0.15) is 21.5 Å². The van der Waals surface area contributed by atoms with E-state index in [2.05, 4.69) is 0 Å². The number of ether oxygens (including phenoxy) is 2. The Kier molecular flexibility index (Phi) is 5.19. The van der Waals surface area contributed by atoms with Crippen LogP contribution in [0.3, 0.4) is 0 Å². The number of hydrogen-bond donors (Lipinski definition) is 2. The molecule has 2 aromatic rings. The highest BCUT2D eigenvalue weighted by atomic mass is 16.5. The van der Waals surface area contributed by atoms with Crippen LogP contribution in [0.25, 0.3) is 0 Å². The minimum absolute atomic E-state index is 0.0562. The molecule has 0 spiro atoms. The Morgan fingerprint density at radius 3 is 2.22 bits per heavy atom. The Morgan fingerprint density at radius 1 is 1.00 bits per heavy atom. The fourth-order valence-electron chi connectivity index (χ4n) is 2.06. The first-order chi connectivity index (χ1) is 11.0. The molecule has 0 unspecified atom stereocenters. The van der Waals surface area contributed by atoms with Crippen LogP contribution < -0.4 is 9.47 Å². The SMILES string of the molecule is COc1ccc(C(=O)O)c(COc2ccc(CC(=O)O)cc2)c1. The number of methoxy groups -OCH3 is 1. The summed E-state index contributed by atoms with van der Waals surface area (Å²) in [5, 5.41) is 17.9. The minimum atomic E-state index is -1.04. The van der Waals surface area contributed by atoms with E-state index in [9.17, 15) is 14.7 Å². The molecule has 0 aliphatic carbocycles. The highest BCUT2D eigenvalue weighted by Crippen LogP contribution is 2.21. The lowest BCUT2D eigenvalue weighted by Gasteiger charge is -2.11. The zero-order valence-electron chi connectivity index (χ0n) is 12.5. The largest absolute Gasteiger partial charge is 0.497 e. The van der Waals surface area contributed by atoms with Crippen molar-refractivity contribution in [1.29, 1.82) is 0 Å². The fourth-order valence-corrected chi connectivity index (χ4v) is 2.06. The van der Waals surface area contributed by atoms with Crippen molar-refractivity contribution in [2.24, 2.45) is 0 Å². The van der Waals surface area contributed by atoms with Gasteiger partial charge in [0.25, 0.3) is 0 Å². The lowest BCUT2D eigenvalue weighted by Crippen LogP contribution is -2.06. The molecule has 6 heteroatoms. The van der Waals surface area contributed by atoms with Gasteiger partial charge in [0, 0.05) is 5.56 Å². The lowest BCUT2D eigenvalue weighted by atomic mass is 10.1. The summed E-state index contributed by atoms with van der Waals surface area (Å²) in [7, 11) is 1.50. The standard InChI is InChI=1S/C17H16O6/c1-22-14-6-7-15(17(20)21)12(9-14)10-23-13-4-2-11(3-5-13)8-16(18)19/h2-7,9H,8,10H2,1H3,(H,18,19)(H,20,21). The van der Waals surface area contributed by atoms with Crippen LogP contribution in [0.15, 0.2) is 42.5 Å². The van der Waals surface area contributed by atoms with E-state index in [-0.39, 0.29) is 18.6 Å². The van der Waals surface area contributed by atoms with Gasteiger partial charge in [-0.25, -0.2) is 4.79 Å². The van der Waals surface area contributed by atoms with Crippen molar-refractivity contribution in [2.45, 2.75) is 13.0 Å². The minimum Gasteiger partial charge on any atom is -0.497 e. The molecule has 0 amide bonds. The maximum absolute atomic E-state index is 11.2. The number of carboxylic acids is 2. The Balaban J connectivity index is 2.10. The van der Waals surface area contributed by atoms with Gasteiger partial charge in [0.05, 0.1) is 19.1 Å². The predicted molar refractivity (Wildman–Crippen MR) is 82.1 cm³/mol. The van der Waals surface area contributed by atoms with Crippen LogP contribution in [-0.4, -0.2) is 29.3 Å². The van der Waals surface area contributed by atoms with Crippen LogP contribution in [0.2, 0.25) is 0 Å². The number of aromatic carboxylic acids is 1. The third-order valence-electron chi connectivity index (χ3n) is 3.22. The van der Waals surface area contributed by atoms with E-state index >= 15 is 0 Å². The van der Waals surface area contributed by atoms with Crippen molar-refractivity contribution in [3.8, 4) is 11.5 Å². The normalized spacial score (nSPS) is 10.1. The summed E-state index contributed by atoms with van der Waals surface area (Å²) in [5.41, 5.74) is 1.30. The molecule has 0 aliphatic rings. The summed E-state index contributed by atoms with van der Waals surface area (Å²) < 4.78 is 10.7. The third kappa shape index (κ3) is 4.47. The first-order valence-corrected chi connectivity index (χ1v) is 6.83. The topological polar surface area (TPSA) is 93.1 Å².